The zero-order valence-electron chi connectivity index (χ0n) is 10.5. The van der Waals surface area contributed by atoms with Gasteiger partial charge in [-0.25, -0.2) is 4.39 Å². The van der Waals surface area contributed by atoms with Gasteiger partial charge < -0.3 is 10.1 Å². The van der Waals surface area contributed by atoms with Gasteiger partial charge in [0.05, 0.1) is 17.8 Å². The highest BCUT2D eigenvalue weighted by molar-refractivity contribution is 5.48. The van der Waals surface area contributed by atoms with E-state index in [-0.39, 0.29) is 18.0 Å². The molecule has 2 nitrogen and oxygen atoms in total. The number of ether oxygens (including phenoxy) is 1. The molecule has 0 radical (unpaired) electrons. The molecule has 0 saturated heterocycles. The summed E-state index contributed by atoms with van der Waals surface area (Å²) in [4.78, 5) is 0. The molecule has 1 aliphatic rings. The Hall–Kier alpha value is -1.09. The minimum absolute atomic E-state index is 0.145. The van der Waals surface area contributed by atoms with Gasteiger partial charge in [-0.05, 0) is 31.4 Å². The quantitative estimate of drug-likeness (QED) is 0.868. The molecule has 1 fully saturated rings. The summed E-state index contributed by atoms with van der Waals surface area (Å²) in [7, 11) is 1.73. The number of nitrogens with one attached hydrogen (secondary N) is 1. The molecular weight excluding hydrogens is 217 g/mol. The van der Waals surface area contributed by atoms with Crippen molar-refractivity contribution in [3.63, 3.8) is 0 Å². The van der Waals surface area contributed by atoms with E-state index in [9.17, 15) is 4.39 Å². The Balaban J connectivity index is 2.11. The lowest BCUT2D eigenvalue weighted by atomic mass is 9.92. The number of benzene rings is 1. The summed E-state index contributed by atoms with van der Waals surface area (Å²) in [5, 5.41) is 3.29. The van der Waals surface area contributed by atoms with Crippen LogP contribution < -0.4 is 5.32 Å². The molecular formula is C14H20FNO. The van der Waals surface area contributed by atoms with Gasteiger partial charge in [0, 0.05) is 7.11 Å². The second kappa shape index (κ2) is 5.50. The van der Waals surface area contributed by atoms with Gasteiger partial charge in [-0.15, -0.1) is 0 Å². The summed E-state index contributed by atoms with van der Waals surface area (Å²) in [5.74, 6) is -0.145. The van der Waals surface area contributed by atoms with Crippen LogP contribution in [0.3, 0.4) is 0 Å². The lowest BCUT2D eigenvalue weighted by Gasteiger charge is -2.32. The van der Waals surface area contributed by atoms with E-state index in [1.165, 1.54) is 12.8 Å². The Morgan fingerprint density at radius 3 is 2.82 bits per heavy atom. The number of hydrogen-bond acceptors (Lipinski definition) is 2. The van der Waals surface area contributed by atoms with Crippen molar-refractivity contribution in [2.24, 2.45) is 0 Å². The average molecular weight is 237 g/mol. The molecule has 1 saturated carbocycles. The predicted molar refractivity (Wildman–Crippen MR) is 67.8 cm³/mol. The van der Waals surface area contributed by atoms with E-state index in [1.54, 1.807) is 26.2 Å². The Labute approximate surface area is 102 Å². The van der Waals surface area contributed by atoms with Gasteiger partial charge in [-0.1, -0.05) is 25.0 Å². The second-order valence-corrected chi connectivity index (χ2v) is 4.75. The first-order valence-corrected chi connectivity index (χ1v) is 6.27. The summed E-state index contributed by atoms with van der Waals surface area (Å²) in [6.45, 7) is 1.79. The Bertz CT molecular complexity index is 380. The van der Waals surface area contributed by atoms with Crippen molar-refractivity contribution < 1.29 is 9.13 Å². The molecule has 94 valence electrons. The fraction of sp³-hybridized carbons (Fsp3) is 0.571. The van der Waals surface area contributed by atoms with Crippen LogP contribution in [0.4, 0.5) is 10.1 Å². The highest BCUT2D eigenvalue weighted by Gasteiger charge is 2.25. The first-order valence-electron chi connectivity index (χ1n) is 6.27. The first kappa shape index (κ1) is 12.4. The molecule has 3 heteroatoms. The van der Waals surface area contributed by atoms with Crippen molar-refractivity contribution in [3.05, 3.63) is 29.6 Å². The lowest BCUT2D eigenvalue weighted by Crippen LogP contribution is -2.38. The second-order valence-electron chi connectivity index (χ2n) is 4.75. The highest BCUT2D eigenvalue weighted by atomic mass is 19.1. The highest BCUT2D eigenvalue weighted by Crippen LogP contribution is 2.26. The molecule has 1 aromatic carbocycles. The van der Waals surface area contributed by atoms with E-state index in [0.717, 1.165) is 12.8 Å². The van der Waals surface area contributed by atoms with Crippen molar-refractivity contribution in [1.82, 2.24) is 0 Å². The normalized spacial score (nSPS) is 24.6. The predicted octanol–water partition coefficient (Wildman–Crippen LogP) is 3.50. The largest absolute Gasteiger partial charge is 0.379 e. The summed E-state index contributed by atoms with van der Waals surface area (Å²) in [5.41, 5.74) is 1.28. The summed E-state index contributed by atoms with van der Waals surface area (Å²) in [6.07, 6.45) is 4.69. The molecule has 17 heavy (non-hydrogen) atoms. The van der Waals surface area contributed by atoms with E-state index in [1.807, 2.05) is 6.07 Å². The number of hydrogen-bond donors (Lipinski definition) is 1. The topological polar surface area (TPSA) is 21.3 Å². The molecule has 0 aromatic heterocycles. The fourth-order valence-electron chi connectivity index (χ4n) is 2.50. The zero-order chi connectivity index (χ0) is 12.3. The fourth-order valence-corrected chi connectivity index (χ4v) is 2.50. The molecule has 1 N–H and O–H groups in total. The maximum absolute atomic E-state index is 13.9. The van der Waals surface area contributed by atoms with Gasteiger partial charge in [-0.2, -0.15) is 0 Å². The zero-order valence-corrected chi connectivity index (χ0v) is 10.5. The summed E-state index contributed by atoms with van der Waals surface area (Å²) >= 11 is 0. The molecule has 0 aliphatic heterocycles. The van der Waals surface area contributed by atoms with Gasteiger partial charge in [0.15, 0.2) is 0 Å². The maximum Gasteiger partial charge on any atom is 0.149 e. The molecule has 2 rings (SSSR count). The van der Waals surface area contributed by atoms with Gasteiger partial charge in [-0.3, -0.25) is 0 Å². The minimum Gasteiger partial charge on any atom is -0.379 e. The Kier molecular flexibility index (Phi) is 4.00. The van der Waals surface area contributed by atoms with Crippen molar-refractivity contribution in [3.8, 4) is 0 Å². The smallest absolute Gasteiger partial charge is 0.149 e. The van der Waals surface area contributed by atoms with Gasteiger partial charge >= 0.3 is 0 Å². The molecule has 1 aromatic rings. The third-order valence-corrected chi connectivity index (χ3v) is 3.54. The summed E-state index contributed by atoms with van der Waals surface area (Å²) in [6, 6.07) is 5.69. The van der Waals surface area contributed by atoms with E-state index < -0.39 is 0 Å². The third-order valence-electron chi connectivity index (χ3n) is 3.54. The van der Waals surface area contributed by atoms with Crippen LogP contribution in [0.15, 0.2) is 18.2 Å². The third kappa shape index (κ3) is 2.78. The van der Waals surface area contributed by atoms with Gasteiger partial charge in [0.25, 0.3) is 0 Å². The molecule has 2 atom stereocenters. The SMILES string of the molecule is COC1CCCCC1Nc1cccc(C)c1F. The van der Waals surface area contributed by atoms with Crippen LogP contribution >= 0.6 is 0 Å². The van der Waals surface area contributed by atoms with E-state index >= 15 is 0 Å². The van der Waals surface area contributed by atoms with Crippen LogP contribution in [0.1, 0.15) is 31.2 Å². The van der Waals surface area contributed by atoms with E-state index in [0.29, 0.717) is 11.3 Å². The molecule has 0 amide bonds. The van der Waals surface area contributed by atoms with Crippen LogP contribution in [0.25, 0.3) is 0 Å². The van der Waals surface area contributed by atoms with Crippen molar-refractivity contribution >= 4 is 5.69 Å². The molecule has 0 heterocycles. The van der Waals surface area contributed by atoms with Crippen LogP contribution in [0.5, 0.6) is 0 Å². The van der Waals surface area contributed by atoms with Crippen LogP contribution in [-0.4, -0.2) is 19.3 Å². The number of rotatable bonds is 3. The molecule has 1 aliphatic carbocycles. The molecule has 0 spiro atoms. The number of aryl methyl sites for hydroxylation is 1. The van der Waals surface area contributed by atoms with Crippen molar-refractivity contribution in [1.29, 1.82) is 0 Å². The van der Waals surface area contributed by atoms with E-state index in [4.69, 9.17) is 4.74 Å². The van der Waals surface area contributed by atoms with Crippen LogP contribution in [0.2, 0.25) is 0 Å². The van der Waals surface area contributed by atoms with Gasteiger partial charge in [0.2, 0.25) is 0 Å². The Morgan fingerprint density at radius 2 is 2.06 bits per heavy atom. The first-order chi connectivity index (χ1) is 8.22. The van der Waals surface area contributed by atoms with Crippen molar-refractivity contribution in [2.45, 2.75) is 44.8 Å². The number of methoxy groups -OCH3 is 1. The van der Waals surface area contributed by atoms with Crippen molar-refractivity contribution in [2.75, 3.05) is 12.4 Å². The van der Waals surface area contributed by atoms with Crippen LogP contribution in [-0.2, 0) is 4.74 Å². The summed E-state index contributed by atoms with van der Waals surface area (Å²) < 4.78 is 19.3. The van der Waals surface area contributed by atoms with E-state index in [2.05, 4.69) is 5.32 Å². The number of halogens is 1. The maximum atomic E-state index is 13.9. The average Bonchev–Trinajstić information content (AvgIpc) is 2.35. The standard InChI is InChI=1S/C14H20FNO/c1-10-6-5-8-12(14(10)15)16-11-7-3-4-9-13(11)17-2/h5-6,8,11,13,16H,3-4,7,9H2,1-2H3. The number of anilines is 1. The molecule has 0 bridgehead atoms. The van der Waals surface area contributed by atoms with Gasteiger partial charge in [0.1, 0.15) is 5.82 Å². The Morgan fingerprint density at radius 1 is 1.29 bits per heavy atom. The minimum atomic E-state index is -0.145. The van der Waals surface area contributed by atoms with Crippen LogP contribution in [0, 0.1) is 12.7 Å². The lowest BCUT2D eigenvalue weighted by molar-refractivity contribution is 0.0605. The monoisotopic (exact) mass is 237 g/mol. The molecule has 2 unspecified atom stereocenters.